The van der Waals surface area contributed by atoms with Crippen LogP contribution in [0.2, 0.25) is 0 Å². The predicted molar refractivity (Wildman–Crippen MR) is 95.7 cm³/mol. The number of methoxy groups -OCH3 is 1. The molecule has 8 nitrogen and oxygen atoms in total. The second-order valence-electron chi connectivity index (χ2n) is 6.11. The number of morpholine rings is 1. The first-order valence-corrected chi connectivity index (χ1v) is 8.68. The molecule has 1 saturated heterocycles. The SMILES string of the molecule is CCc1cc(=O)oc2cc(OCC(=O)N3CCOC(C(=O)OC)C3)ccc12. The molecule has 2 aromatic rings. The van der Waals surface area contributed by atoms with Gasteiger partial charge in [0.05, 0.1) is 20.3 Å². The Hall–Kier alpha value is -2.87. The van der Waals surface area contributed by atoms with Gasteiger partial charge in [-0.05, 0) is 24.1 Å². The topological polar surface area (TPSA) is 95.3 Å². The Bertz CT molecular complexity index is 905. The molecule has 2 heterocycles. The van der Waals surface area contributed by atoms with Gasteiger partial charge in [0.2, 0.25) is 0 Å². The molecular weight excluding hydrogens is 354 g/mol. The summed E-state index contributed by atoms with van der Waals surface area (Å²) in [5.41, 5.74) is 0.891. The number of ether oxygens (including phenoxy) is 3. The number of hydrogen-bond acceptors (Lipinski definition) is 7. The lowest BCUT2D eigenvalue weighted by atomic mass is 10.1. The van der Waals surface area contributed by atoms with Gasteiger partial charge in [-0.1, -0.05) is 6.92 Å². The van der Waals surface area contributed by atoms with Crippen LogP contribution < -0.4 is 10.4 Å². The van der Waals surface area contributed by atoms with Gasteiger partial charge in [0, 0.05) is 24.1 Å². The number of carbonyl (C=O) groups excluding carboxylic acids is 2. The molecule has 0 bridgehead atoms. The fourth-order valence-corrected chi connectivity index (χ4v) is 2.98. The largest absolute Gasteiger partial charge is 0.484 e. The molecule has 0 saturated carbocycles. The maximum atomic E-state index is 12.4. The first-order valence-electron chi connectivity index (χ1n) is 8.68. The number of amides is 1. The summed E-state index contributed by atoms with van der Waals surface area (Å²) >= 11 is 0. The first kappa shape index (κ1) is 18.9. The van der Waals surface area contributed by atoms with Crippen molar-refractivity contribution < 1.29 is 28.2 Å². The van der Waals surface area contributed by atoms with Gasteiger partial charge in [0.1, 0.15) is 11.3 Å². The van der Waals surface area contributed by atoms with Crippen molar-refractivity contribution in [3.63, 3.8) is 0 Å². The third kappa shape index (κ3) is 4.28. The molecule has 0 N–H and O–H groups in total. The fourth-order valence-electron chi connectivity index (χ4n) is 2.98. The van der Waals surface area contributed by atoms with Gasteiger partial charge in [-0.15, -0.1) is 0 Å². The molecule has 1 aromatic heterocycles. The highest BCUT2D eigenvalue weighted by atomic mass is 16.6. The van der Waals surface area contributed by atoms with Gasteiger partial charge < -0.3 is 23.5 Å². The highest BCUT2D eigenvalue weighted by molar-refractivity contribution is 5.82. The molecule has 1 fully saturated rings. The highest BCUT2D eigenvalue weighted by Gasteiger charge is 2.30. The Kier molecular flexibility index (Phi) is 5.75. The van der Waals surface area contributed by atoms with Crippen molar-refractivity contribution in [2.45, 2.75) is 19.4 Å². The zero-order chi connectivity index (χ0) is 19.4. The Morgan fingerprint density at radius 1 is 1.30 bits per heavy atom. The number of rotatable bonds is 5. The Balaban J connectivity index is 1.66. The van der Waals surface area contributed by atoms with Crippen LogP contribution in [0.1, 0.15) is 12.5 Å². The van der Waals surface area contributed by atoms with Crippen molar-refractivity contribution in [1.82, 2.24) is 4.90 Å². The quantitative estimate of drug-likeness (QED) is 0.571. The van der Waals surface area contributed by atoms with Crippen molar-refractivity contribution in [3.8, 4) is 5.75 Å². The molecule has 3 rings (SSSR count). The van der Waals surface area contributed by atoms with Crippen molar-refractivity contribution in [2.24, 2.45) is 0 Å². The van der Waals surface area contributed by atoms with Crippen LogP contribution in [-0.2, 0) is 25.5 Å². The number of esters is 1. The number of aryl methyl sites for hydroxylation is 1. The third-order valence-electron chi connectivity index (χ3n) is 4.43. The minimum absolute atomic E-state index is 0.126. The van der Waals surface area contributed by atoms with Gasteiger partial charge in [-0.25, -0.2) is 9.59 Å². The molecule has 0 radical (unpaired) electrons. The summed E-state index contributed by atoms with van der Waals surface area (Å²) in [7, 11) is 1.28. The molecular formula is C19H21NO7. The molecule has 0 spiro atoms. The lowest BCUT2D eigenvalue weighted by Crippen LogP contribution is -2.50. The second-order valence-corrected chi connectivity index (χ2v) is 6.11. The van der Waals surface area contributed by atoms with E-state index in [0.717, 1.165) is 10.9 Å². The summed E-state index contributed by atoms with van der Waals surface area (Å²) in [6.45, 7) is 2.52. The van der Waals surface area contributed by atoms with Crippen LogP contribution >= 0.6 is 0 Å². The van der Waals surface area contributed by atoms with E-state index < -0.39 is 17.7 Å². The van der Waals surface area contributed by atoms with E-state index in [2.05, 4.69) is 4.74 Å². The zero-order valence-corrected chi connectivity index (χ0v) is 15.2. The smallest absolute Gasteiger partial charge is 0.336 e. The minimum Gasteiger partial charge on any atom is -0.484 e. The maximum absolute atomic E-state index is 12.4. The van der Waals surface area contributed by atoms with E-state index in [1.807, 2.05) is 6.92 Å². The van der Waals surface area contributed by atoms with Crippen LogP contribution in [0.15, 0.2) is 33.5 Å². The molecule has 1 atom stereocenters. The molecule has 1 unspecified atom stereocenters. The summed E-state index contributed by atoms with van der Waals surface area (Å²) in [4.78, 5) is 37.1. The third-order valence-corrected chi connectivity index (χ3v) is 4.43. The van der Waals surface area contributed by atoms with E-state index in [4.69, 9.17) is 13.9 Å². The minimum atomic E-state index is -0.782. The van der Waals surface area contributed by atoms with E-state index in [1.165, 1.54) is 18.1 Å². The van der Waals surface area contributed by atoms with Gasteiger partial charge in [0.25, 0.3) is 5.91 Å². The highest BCUT2D eigenvalue weighted by Crippen LogP contribution is 2.23. The van der Waals surface area contributed by atoms with E-state index in [0.29, 0.717) is 24.3 Å². The number of carbonyl (C=O) groups is 2. The number of benzene rings is 1. The maximum Gasteiger partial charge on any atom is 0.336 e. The van der Waals surface area contributed by atoms with Gasteiger partial charge in [0.15, 0.2) is 12.7 Å². The van der Waals surface area contributed by atoms with E-state index in [-0.39, 0.29) is 25.7 Å². The number of nitrogens with zero attached hydrogens (tertiary/aromatic N) is 1. The van der Waals surface area contributed by atoms with Crippen LogP contribution in [0.25, 0.3) is 11.0 Å². The van der Waals surface area contributed by atoms with Crippen LogP contribution in [0.3, 0.4) is 0 Å². The molecule has 1 aromatic carbocycles. The average Bonchev–Trinajstić information content (AvgIpc) is 2.70. The Morgan fingerprint density at radius 3 is 2.85 bits per heavy atom. The number of hydrogen-bond donors (Lipinski definition) is 0. The molecule has 1 amide bonds. The van der Waals surface area contributed by atoms with Gasteiger partial charge in [-0.2, -0.15) is 0 Å². The van der Waals surface area contributed by atoms with Crippen LogP contribution in [-0.4, -0.2) is 56.3 Å². The molecule has 0 aliphatic carbocycles. The molecule has 1 aliphatic heterocycles. The van der Waals surface area contributed by atoms with Gasteiger partial charge in [-0.3, -0.25) is 4.79 Å². The van der Waals surface area contributed by atoms with E-state index in [9.17, 15) is 14.4 Å². The lowest BCUT2D eigenvalue weighted by Gasteiger charge is -2.31. The van der Waals surface area contributed by atoms with Crippen molar-refractivity contribution in [2.75, 3.05) is 33.4 Å². The standard InChI is InChI=1S/C19H21NO7/c1-3-12-8-18(22)27-15-9-13(4-5-14(12)15)26-11-17(21)20-6-7-25-16(10-20)19(23)24-2/h4-5,8-9,16H,3,6-7,10-11H2,1-2H3. The van der Waals surface area contributed by atoms with E-state index in [1.54, 1.807) is 18.2 Å². The van der Waals surface area contributed by atoms with Crippen molar-refractivity contribution >= 4 is 22.8 Å². The Morgan fingerprint density at radius 2 is 2.11 bits per heavy atom. The van der Waals surface area contributed by atoms with Crippen LogP contribution in [0, 0.1) is 0 Å². The van der Waals surface area contributed by atoms with Crippen molar-refractivity contribution in [3.05, 3.63) is 40.2 Å². The van der Waals surface area contributed by atoms with Crippen LogP contribution in [0.4, 0.5) is 0 Å². The molecule has 144 valence electrons. The second kappa shape index (κ2) is 8.22. The monoisotopic (exact) mass is 375 g/mol. The fraction of sp³-hybridized carbons (Fsp3) is 0.421. The lowest BCUT2D eigenvalue weighted by molar-refractivity contribution is -0.163. The molecule has 1 aliphatic rings. The average molecular weight is 375 g/mol. The summed E-state index contributed by atoms with van der Waals surface area (Å²) in [5, 5.41) is 0.838. The Labute approximate surface area is 155 Å². The van der Waals surface area contributed by atoms with Crippen LogP contribution in [0.5, 0.6) is 5.75 Å². The molecule has 8 heteroatoms. The number of fused-ring (bicyclic) bond motifs is 1. The van der Waals surface area contributed by atoms with Gasteiger partial charge >= 0.3 is 11.6 Å². The summed E-state index contributed by atoms with van der Waals surface area (Å²) < 4.78 is 20.7. The van der Waals surface area contributed by atoms with Crippen molar-refractivity contribution in [1.29, 1.82) is 0 Å². The predicted octanol–water partition coefficient (Wildman–Crippen LogP) is 1.13. The zero-order valence-electron chi connectivity index (χ0n) is 15.2. The normalized spacial score (nSPS) is 17.0. The summed E-state index contributed by atoms with van der Waals surface area (Å²) in [6, 6.07) is 6.60. The summed E-state index contributed by atoms with van der Waals surface area (Å²) in [5.74, 6) is -0.356. The summed E-state index contributed by atoms with van der Waals surface area (Å²) in [6.07, 6.45) is -0.0748. The van der Waals surface area contributed by atoms with E-state index >= 15 is 0 Å². The molecule has 27 heavy (non-hydrogen) atoms. The first-order chi connectivity index (χ1) is 13.0.